The first kappa shape index (κ1) is 22.9. The molecule has 0 saturated carbocycles. The molecule has 1 aliphatic rings. The van der Waals surface area contributed by atoms with Crippen molar-refractivity contribution in [1.82, 2.24) is 0 Å². The molecule has 0 aliphatic heterocycles. The third-order valence-electron chi connectivity index (χ3n) is 5.76. The molecule has 0 bridgehead atoms. The minimum atomic E-state index is -0.669. The molecule has 0 amide bonds. The Morgan fingerprint density at radius 1 is 0.846 bits per heavy atom. The van der Waals surface area contributed by atoms with E-state index in [1.165, 1.54) is 69.8 Å². The first-order valence-corrected chi connectivity index (χ1v) is 10.8. The number of aliphatic carboxylic acids is 1. The van der Waals surface area contributed by atoms with E-state index < -0.39 is 5.97 Å². The van der Waals surface area contributed by atoms with Crippen molar-refractivity contribution >= 4 is 11.8 Å². The number of ketones is 1. The summed E-state index contributed by atoms with van der Waals surface area (Å²) in [6.45, 7) is 6.16. The van der Waals surface area contributed by atoms with Gasteiger partial charge in [-0.05, 0) is 38.2 Å². The van der Waals surface area contributed by atoms with Gasteiger partial charge in [-0.25, -0.2) is 0 Å². The Morgan fingerprint density at radius 2 is 1.27 bits per heavy atom. The second-order valence-electron chi connectivity index (χ2n) is 8.75. The van der Waals surface area contributed by atoms with Gasteiger partial charge in [-0.15, -0.1) is 0 Å². The first-order valence-electron chi connectivity index (χ1n) is 10.8. The highest BCUT2D eigenvalue weighted by Crippen LogP contribution is 2.40. The van der Waals surface area contributed by atoms with E-state index in [1.54, 1.807) is 0 Å². The molecule has 3 heteroatoms. The van der Waals surface area contributed by atoms with E-state index >= 15 is 0 Å². The van der Waals surface area contributed by atoms with E-state index in [1.807, 2.05) is 6.92 Å². The number of carbonyl (C=O) groups is 2. The fourth-order valence-electron chi connectivity index (χ4n) is 4.07. The maximum absolute atomic E-state index is 12.1. The van der Waals surface area contributed by atoms with Crippen LogP contribution in [-0.4, -0.2) is 16.9 Å². The van der Waals surface area contributed by atoms with Gasteiger partial charge in [0.15, 0.2) is 5.78 Å². The third kappa shape index (κ3) is 9.00. The lowest BCUT2D eigenvalue weighted by atomic mass is 9.87. The van der Waals surface area contributed by atoms with Gasteiger partial charge in [0.2, 0.25) is 0 Å². The van der Waals surface area contributed by atoms with Gasteiger partial charge >= 0.3 is 5.97 Å². The molecule has 0 aromatic rings. The van der Waals surface area contributed by atoms with E-state index in [-0.39, 0.29) is 5.41 Å². The normalized spacial score (nSPS) is 16.5. The Bertz CT molecular complexity index is 474. The van der Waals surface area contributed by atoms with E-state index in [0.29, 0.717) is 12.2 Å². The molecule has 0 fully saturated rings. The van der Waals surface area contributed by atoms with Crippen LogP contribution in [0, 0.1) is 5.41 Å². The topological polar surface area (TPSA) is 54.4 Å². The van der Waals surface area contributed by atoms with E-state index in [4.69, 9.17) is 5.11 Å². The number of allylic oxidation sites excluding steroid dienone is 2. The van der Waals surface area contributed by atoms with Crippen LogP contribution in [0.5, 0.6) is 0 Å². The Hall–Kier alpha value is -1.12. The monoisotopic (exact) mass is 364 g/mol. The maximum atomic E-state index is 12.1. The minimum absolute atomic E-state index is 0.157. The van der Waals surface area contributed by atoms with E-state index in [0.717, 1.165) is 31.3 Å². The number of carbonyl (C=O) groups excluding carboxylic acids is 1. The van der Waals surface area contributed by atoms with Gasteiger partial charge in [-0.2, -0.15) is 0 Å². The number of rotatable bonds is 15. The summed E-state index contributed by atoms with van der Waals surface area (Å²) in [5, 5.41) is 8.57. The number of carboxylic acid groups (broad SMARTS) is 1. The van der Waals surface area contributed by atoms with Gasteiger partial charge in [-0.1, -0.05) is 83.6 Å². The van der Waals surface area contributed by atoms with Crippen LogP contribution in [0.15, 0.2) is 11.1 Å². The summed E-state index contributed by atoms with van der Waals surface area (Å²) >= 11 is 0. The van der Waals surface area contributed by atoms with Crippen molar-refractivity contribution in [2.24, 2.45) is 5.41 Å². The van der Waals surface area contributed by atoms with Crippen LogP contribution in [0.25, 0.3) is 0 Å². The number of Topliss-reactive ketones (excluding diaryl/α,β-unsaturated/α-hetero) is 1. The van der Waals surface area contributed by atoms with Gasteiger partial charge in [0, 0.05) is 11.8 Å². The van der Waals surface area contributed by atoms with Crippen LogP contribution < -0.4 is 0 Å². The quantitative estimate of drug-likeness (QED) is 0.323. The zero-order valence-corrected chi connectivity index (χ0v) is 17.4. The second kappa shape index (κ2) is 12.3. The Morgan fingerprint density at radius 3 is 1.65 bits per heavy atom. The predicted octanol–water partition coefficient (Wildman–Crippen LogP) is 6.85. The van der Waals surface area contributed by atoms with Crippen LogP contribution in [0.4, 0.5) is 0 Å². The smallest absolute Gasteiger partial charge is 0.303 e. The van der Waals surface area contributed by atoms with Gasteiger partial charge < -0.3 is 5.11 Å². The summed E-state index contributed by atoms with van der Waals surface area (Å²) in [7, 11) is 0. The minimum Gasteiger partial charge on any atom is -0.481 e. The van der Waals surface area contributed by atoms with Crippen molar-refractivity contribution in [2.45, 2.75) is 117 Å². The molecule has 0 aromatic heterocycles. The van der Waals surface area contributed by atoms with Gasteiger partial charge in [0.25, 0.3) is 0 Å². The Balaban J connectivity index is 1.87. The zero-order chi connectivity index (χ0) is 19.4. The third-order valence-corrected chi connectivity index (χ3v) is 5.76. The average Bonchev–Trinajstić information content (AvgIpc) is 2.77. The first-order chi connectivity index (χ1) is 12.3. The maximum Gasteiger partial charge on any atom is 0.303 e. The highest BCUT2D eigenvalue weighted by atomic mass is 16.4. The summed E-state index contributed by atoms with van der Waals surface area (Å²) in [6, 6.07) is 0. The molecule has 0 atom stereocenters. The van der Waals surface area contributed by atoms with Crippen molar-refractivity contribution in [3.05, 3.63) is 11.1 Å². The standard InChI is InChI=1S/C23H40O3/c1-19-20(18-23(2,3)22(19)26)16-14-12-10-8-6-4-5-7-9-11-13-15-17-21(24)25/h4-18H2,1-3H3,(H,24,25). The van der Waals surface area contributed by atoms with E-state index in [2.05, 4.69) is 13.8 Å². The average molecular weight is 365 g/mol. The summed E-state index contributed by atoms with van der Waals surface area (Å²) in [4.78, 5) is 22.5. The largest absolute Gasteiger partial charge is 0.481 e. The number of hydrogen-bond donors (Lipinski definition) is 1. The van der Waals surface area contributed by atoms with Gasteiger partial charge in [0.1, 0.15) is 0 Å². The molecule has 0 spiro atoms. The second-order valence-corrected chi connectivity index (χ2v) is 8.75. The lowest BCUT2D eigenvalue weighted by Gasteiger charge is -2.15. The van der Waals surface area contributed by atoms with Crippen LogP contribution >= 0.6 is 0 Å². The summed E-state index contributed by atoms with van der Waals surface area (Å²) in [5.41, 5.74) is 2.29. The predicted molar refractivity (Wildman–Crippen MR) is 108 cm³/mol. The molecule has 0 unspecified atom stereocenters. The van der Waals surface area contributed by atoms with Crippen molar-refractivity contribution in [3.63, 3.8) is 0 Å². The molecular formula is C23H40O3. The number of carboxylic acids is 1. The Kier molecular flexibility index (Phi) is 10.8. The van der Waals surface area contributed by atoms with Gasteiger partial charge in [0.05, 0.1) is 0 Å². The number of hydrogen-bond acceptors (Lipinski definition) is 2. The molecular weight excluding hydrogens is 324 g/mol. The molecule has 150 valence electrons. The zero-order valence-electron chi connectivity index (χ0n) is 17.4. The Labute approximate surface area is 160 Å². The lowest BCUT2D eigenvalue weighted by molar-refractivity contribution is -0.137. The fraction of sp³-hybridized carbons (Fsp3) is 0.826. The molecule has 1 N–H and O–H groups in total. The van der Waals surface area contributed by atoms with Crippen molar-refractivity contribution in [2.75, 3.05) is 0 Å². The summed E-state index contributed by atoms with van der Waals surface area (Å²) in [6.07, 6.45) is 17.2. The van der Waals surface area contributed by atoms with Gasteiger partial charge in [-0.3, -0.25) is 9.59 Å². The van der Waals surface area contributed by atoms with Crippen molar-refractivity contribution in [3.8, 4) is 0 Å². The van der Waals surface area contributed by atoms with Crippen LogP contribution in [0.3, 0.4) is 0 Å². The molecule has 1 rings (SSSR count). The highest BCUT2D eigenvalue weighted by Gasteiger charge is 2.36. The molecule has 0 heterocycles. The molecule has 0 radical (unpaired) electrons. The number of unbranched alkanes of at least 4 members (excludes halogenated alkanes) is 11. The SMILES string of the molecule is CC1=C(CCCCCCCCCCCCCCC(=O)O)CC(C)(C)C1=O. The van der Waals surface area contributed by atoms with Crippen LogP contribution in [0.2, 0.25) is 0 Å². The summed E-state index contributed by atoms with van der Waals surface area (Å²) in [5.74, 6) is -0.313. The molecule has 26 heavy (non-hydrogen) atoms. The molecule has 0 saturated heterocycles. The lowest BCUT2D eigenvalue weighted by Crippen LogP contribution is -2.18. The fourth-order valence-corrected chi connectivity index (χ4v) is 4.07. The van der Waals surface area contributed by atoms with Crippen molar-refractivity contribution < 1.29 is 14.7 Å². The molecule has 0 aromatic carbocycles. The summed E-state index contributed by atoms with van der Waals surface area (Å²) < 4.78 is 0. The van der Waals surface area contributed by atoms with Crippen molar-refractivity contribution in [1.29, 1.82) is 0 Å². The van der Waals surface area contributed by atoms with Crippen LogP contribution in [0.1, 0.15) is 117 Å². The highest BCUT2D eigenvalue weighted by molar-refractivity contribution is 6.02. The molecule has 3 nitrogen and oxygen atoms in total. The van der Waals surface area contributed by atoms with Crippen LogP contribution in [-0.2, 0) is 9.59 Å². The van der Waals surface area contributed by atoms with E-state index in [9.17, 15) is 9.59 Å². The molecule has 1 aliphatic carbocycles.